The molecule has 1 rings (SSSR count). The van der Waals surface area contributed by atoms with Crippen molar-refractivity contribution in [2.45, 2.75) is 6.92 Å². The molecule has 0 unspecified atom stereocenters. The monoisotopic (exact) mass is 238 g/mol. The second kappa shape index (κ2) is 5.77. The fourth-order valence-electron chi connectivity index (χ4n) is 1.31. The van der Waals surface area contributed by atoms with Crippen LogP contribution >= 0.6 is 12.2 Å². The van der Waals surface area contributed by atoms with Gasteiger partial charge in [-0.3, -0.25) is 0 Å². The van der Waals surface area contributed by atoms with E-state index in [1.165, 1.54) is 0 Å². The van der Waals surface area contributed by atoms with Crippen molar-refractivity contribution >= 4 is 23.0 Å². The van der Waals surface area contributed by atoms with Gasteiger partial charge in [-0.2, -0.15) is 0 Å². The van der Waals surface area contributed by atoms with E-state index < -0.39 is 0 Å². The molecule has 1 heterocycles. The first kappa shape index (κ1) is 12.9. The zero-order chi connectivity index (χ0) is 12.1. The molecule has 0 aliphatic heterocycles. The Morgan fingerprint density at radius 1 is 1.50 bits per heavy atom. The number of rotatable bonds is 5. The molecule has 88 valence electrons. The minimum Gasteiger partial charge on any atom is -0.389 e. The number of pyridine rings is 1. The zero-order valence-electron chi connectivity index (χ0n) is 9.95. The highest BCUT2D eigenvalue weighted by atomic mass is 32.1. The fraction of sp³-hybridized carbons (Fsp3) is 0.455. The van der Waals surface area contributed by atoms with Crippen LogP contribution in [0.25, 0.3) is 0 Å². The Morgan fingerprint density at radius 2 is 2.19 bits per heavy atom. The van der Waals surface area contributed by atoms with E-state index in [1.54, 1.807) is 0 Å². The number of likely N-dealkylation sites (N-methyl/N-ethyl adjacent to an activating group) is 1. The van der Waals surface area contributed by atoms with E-state index in [4.69, 9.17) is 18.0 Å². The molecule has 0 amide bonds. The highest BCUT2D eigenvalue weighted by molar-refractivity contribution is 7.80. The van der Waals surface area contributed by atoms with Gasteiger partial charge in [-0.15, -0.1) is 0 Å². The summed E-state index contributed by atoms with van der Waals surface area (Å²) >= 11 is 4.95. The highest BCUT2D eigenvalue weighted by Gasteiger charge is 2.02. The molecule has 0 radical (unpaired) electrons. The molecule has 1 aromatic heterocycles. The van der Waals surface area contributed by atoms with Gasteiger partial charge < -0.3 is 16.0 Å². The third-order valence-electron chi connectivity index (χ3n) is 2.10. The van der Waals surface area contributed by atoms with Crippen molar-refractivity contribution in [3.8, 4) is 0 Å². The summed E-state index contributed by atoms with van der Waals surface area (Å²) in [4.78, 5) is 6.88. The number of thiocarbonyl (C=S) groups is 1. The maximum Gasteiger partial charge on any atom is 0.126 e. The standard InChI is InChI=1S/C11H18N4S/c1-8-6-9(11(12)16)7-10(14-8)13-4-5-15(2)3/h6-7H,4-5H2,1-3H3,(H2,12,16)(H,13,14). The summed E-state index contributed by atoms with van der Waals surface area (Å²) in [6.07, 6.45) is 0. The van der Waals surface area contributed by atoms with E-state index >= 15 is 0 Å². The van der Waals surface area contributed by atoms with Crippen LogP contribution in [0.1, 0.15) is 11.3 Å². The number of hydrogen-bond acceptors (Lipinski definition) is 4. The minimum absolute atomic E-state index is 0.404. The SMILES string of the molecule is Cc1cc(C(N)=S)cc(NCCN(C)C)n1. The van der Waals surface area contributed by atoms with E-state index in [0.29, 0.717) is 4.99 Å². The van der Waals surface area contributed by atoms with Gasteiger partial charge in [-0.25, -0.2) is 4.98 Å². The van der Waals surface area contributed by atoms with Crippen LogP contribution in [0, 0.1) is 6.92 Å². The first-order valence-corrected chi connectivity index (χ1v) is 5.57. The Kier molecular flexibility index (Phi) is 4.64. The zero-order valence-corrected chi connectivity index (χ0v) is 10.8. The number of nitrogens with zero attached hydrogens (tertiary/aromatic N) is 2. The van der Waals surface area contributed by atoms with E-state index in [2.05, 4.69) is 15.2 Å². The lowest BCUT2D eigenvalue weighted by Gasteiger charge is -2.12. The van der Waals surface area contributed by atoms with Gasteiger partial charge in [0.25, 0.3) is 0 Å². The number of aryl methyl sites for hydroxylation is 1. The van der Waals surface area contributed by atoms with Crippen LogP contribution in [0.3, 0.4) is 0 Å². The van der Waals surface area contributed by atoms with Gasteiger partial charge in [0.1, 0.15) is 10.8 Å². The van der Waals surface area contributed by atoms with Crippen LogP contribution in [-0.2, 0) is 0 Å². The van der Waals surface area contributed by atoms with Crippen LogP contribution in [-0.4, -0.2) is 42.1 Å². The van der Waals surface area contributed by atoms with Crippen molar-refractivity contribution < 1.29 is 0 Å². The van der Waals surface area contributed by atoms with E-state index in [-0.39, 0.29) is 0 Å². The van der Waals surface area contributed by atoms with Crippen LogP contribution in [0.2, 0.25) is 0 Å². The lowest BCUT2D eigenvalue weighted by atomic mass is 10.2. The van der Waals surface area contributed by atoms with Gasteiger partial charge in [0.05, 0.1) is 0 Å². The molecule has 0 saturated heterocycles. The van der Waals surface area contributed by atoms with E-state index in [9.17, 15) is 0 Å². The smallest absolute Gasteiger partial charge is 0.126 e. The molecule has 0 atom stereocenters. The fourth-order valence-corrected chi connectivity index (χ4v) is 1.43. The first-order valence-electron chi connectivity index (χ1n) is 5.16. The van der Waals surface area contributed by atoms with Crippen LogP contribution in [0.5, 0.6) is 0 Å². The first-order chi connectivity index (χ1) is 7.49. The second-order valence-electron chi connectivity index (χ2n) is 3.98. The second-order valence-corrected chi connectivity index (χ2v) is 4.42. The molecule has 5 heteroatoms. The average molecular weight is 238 g/mol. The quantitative estimate of drug-likeness (QED) is 0.750. The van der Waals surface area contributed by atoms with Crippen molar-refractivity contribution in [1.29, 1.82) is 0 Å². The summed E-state index contributed by atoms with van der Waals surface area (Å²) in [5, 5.41) is 3.24. The summed E-state index contributed by atoms with van der Waals surface area (Å²) in [6.45, 7) is 3.73. The van der Waals surface area contributed by atoms with Crippen molar-refractivity contribution in [2.75, 3.05) is 32.5 Å². The largest absolute Gasteiger partial charge is 0.389 e. The Labute approximate surface area is 102 Å². The van der Waals surface area contributed by atoms with Gasteiger partial charge >= 0.3 is 0 Å². The van der Waals surface area contributed by atoms with Crippen molar-refractivity contribution in [2.24, 2.45) is 5.73 Å². The predicted octanol–water partition coefficient (Wildman–Crippen LogP) is 0.998. The topological polar surface area (TPSA) is 54.2 Å². The third kappa shape index (κ3) is 4.12. The van der Waals surface area contributed by atoms with Crippen molar-refractivity contribution in [3.63, 3.8) is 0 Å². The van der Waals surface area contributed by atoms with Gasteiger partial charge in [0.2, 0.25) is 0 Å². The summed E-state index contributed by atoms with van der Waals surface area (Å²) < 4.78 is 0. The van der Waals surface area contributed by atoms with Gasteiger partial charge in [-0.05, 0) is 33.2 Å². The summed E-state index contributed by atoms with van der Waals surface area (Å²) in [7, 11) is 4.07. The molecule has 1 aromatic rings. The normalized spacial score (nSPS) is 10.5. The maximum atomic E-state index is 5.60. The van der Waals surface area contributed by atoms with E-state index in [1.807, 2.05) is 33.2 Å². The van der Waals surface area contributed by atoms with Gasteiger partial charge in [0.15, 0.2) is 0 Å². The van der Waals surface area contributed by atoms with Gasteiger partial charge in [-0.1, -0.05) is 12.2 Å². The molecule has 16 heavy (non-hydrogen) atoms. The molecular formula is C11H18N4S. The number of anilines is 1. The summed E-state index contributed by atoms with van der Waals surface area (Å²) in [5.41, 5.74) is 7.37. The Hall–Kier alpha value is -1.20. The van der Waals surface area contributed by atoms with Crippen molar-refractivity contribution in [1.82, 2.24) is 9.88 Å². The Balaban J connectivity index is 2.69. The molecule has 4 nitrogen and oxygen atoms in total. The molecule has 0 saturated carbocycles. The average Bonchev–Trinajstić information content (AvgIpc) is 2.16. The Bertz CT molecular complexity index is 376. The molecule has 0 bridgehead atoms. The lowest BCUT2D eigenvalue weighted by molar-refractivity contribution is 0.425. The number of nitrogens with one attached hydrogen (secondary N) is 1. The number of aromatic nitrogens is 1. The maximum absolute atomic E-state index is 5.60. The Morgan fingerprint density at radius 3 is 2.75 bits per heavy atom. The minimum atomic E-state index is 0.404. The predicted molar refractivity (Wildman–Crippen MR) is 71.9 cm³/mol. The van der Waals surface area contributed by atoms with Crippen LogP contribution < -0.4 is 11.1 Å². The molecule has 3 N–H and O–H groups in total. The number of hydrogen-bond donors (Lipinski definition) is 2. The summed E-state index contributed by atoms with van der Waals surface area (Å²) in [6, 6.07) is 3.77. The highest BCUT2D eigenvalue weighted by Crippen LogP contribution is 2.09. The van der Waals surface area contributed by atoms with Gasteiger partial charge in [0, 0.05) is 24.3 Å². The molecule has 0 aromatic carbocycles. The summed E-state index contributed by atoms with van der Waals surface area (Å²) in [5.74, 6) is 0.824. The molecule has 0 fully saturated rings. The molecular weight excluding hydrogens is 220 g/mol. The number of nitrogens with two attached hydrogens (primary N) is 1. The molecule has 0 aliphatic rings. The lowest BCUT2D eigenvalue weighted by Crippen LogP contribution is -2.21. The third-order valence-corrected chi connectivity index (χ3v) is 2.34. The molecule has 0 aliphatic carbocycles. The van der Waals surface area contributed by atoms with Crippen LogP contribution in [0.4, 0.5) is 5.82 Å². The molecule has 0 spiro atoms. The van der Waals surface area contributed by atoms with Crippen LogP contribution in [0.15, 0.2) is 12.1 Å². The van der Waals surface area contributed by atoms with E-state index in [0.717, 1.165) is 30.2 Å². The van der Waals surface area contributed by atoms with Crippen molar-refractivity contribution in [3.05, 3.63) is 23.4 Å².